The first-order chi connectivity index (χ1) is 8.74. The topological polar surface area (TPSA) is 52.9 Å². The molecule has 0 amide bonds. The molecule has 1 aromatic carbocycles. The number of benzene rings is 1. The average Bonchev–Trinajstić information content (AvgIpc) is 2.39. The quantitative estimate of drug-likeness (QED) is 0.854. The number of rotatable bonds is 4. The lowest BCUT2D eigenvalue weighted by Crippen LogP contribution is -2.38. The van der Waals surface area contributed by atoms with Crippen molar-refractivity contribution in [2.45, 2.75) is 26.1 Å². The van der Waals surface area contributed by atoms with Crippen molar-refractivity contribution in [2.75, 3.05) is 26.2 Å². The van der Waals surface area contributed by atoms with E-state index in [0.29, 0.717) is 5.56 Å². The van der Waals surface area contributed by atoms with Gasteiger partial charge in [-0.2, -0.15) is 0 Å². The Bertz CT molecular complexity index is 393. The zero-order chi connectivity index (χ0) is 13.0. The summed E-state index contributed by atoms with van der Waals surface area (Å²) in [6, 6.07) is 5.38. The number of nitrogens with zero attached hydrogens (tertiary/aromatic N) is 1. The van der Waals surface area contributed by atoms with Crippen LogP contribution in [-0.2, 0) is 11.3 Å². The van der Waals surface area contributed by atoms with Crippen molar-refractivity contribution in [3.8, 4) is 5.75 Å². The fourth-order valence-electron chi connectivity index (χ4n) is 2.34. The summed E-state index contributed by atoms with van der Waals surface area (Å²) < 4.78 is 5.75. The molecule has 0 saturated carbocycles. The molecule has 4 heteroatoms. The Morgan fingerprint density at radius 2 is 2.28 bits per heavy atom. The lowest BCUT2D eigenvalue weighted by atomic mass is 10.0. The first kappa shape index (κ1) is 13.3. The standard InChI is InChI=1S/C14H21NO3/c1-2-5-15-6-7-18-14(9-15)11-3-4-12(10-16)13(17)8-11/h3-4,8,14,16-17H,2,5-7,9-10H2,1H3. The van der Waals surface area contributed by atoms with Crippen LogP contribution in [0.5, 0.6) is 5.75 Å². The van der Waals surface area contributed by atoms with Crippen molar-refractivity contribution < 1.29 is 14.9 Å². The number of ether oxygens (including phenoxy) is 1. The molecule has 4 nitrogen and oxygen atoms in total. The van der Waals surface area contributed by atoms with Gasteiger partial charge in [-0.15, -0.1) is 0 Å². The zero-order valence-electron chi connectivity index (χ0n) is 10.8. The molecule has 1 heterocycles. The second-order valence-electron chi connectivity index (χ2n) is 4.71. The van der Waals surface area contributed by atoms with Crippen LogP contribution < -0.4 is 0 Å². The van der Waals surface area contributed by atoms with Crippen molar-refractivity contribution in [1.82, 2.24) is 4.90 Å². The monoisotopic (exact) mass is 251 g/mol. The third-order valence-electron chi connectivity index (χ3n) is 3.34. The second kappa shape index (κ2) is 6.18. The second-order valence-corrected chi connectivity index (χ2v) is 4.71. The minimum atomic E-state index is -0.139. The maximum absolute atomic E-state index is 9.76. The Morgan fingerprint density at radius 1 is 1.44 bits per heavy atom. The highest BCUT2D eigenvalue weighted by Gasteiger charge is 2.21. The lowest BCUT2D eigenvalue weighted by molar-refractivity contribution is -0.0299. The fourth-order valence-corrected chi connectivity index (χ4v) is 2.34. The number of aliphatic hydroxyl groups excluding tert-OH is 1. The van der Waals surface area contributed by atoms with E-state index >= 15 is 0 Å². The molecular formula is C14H21NO3. The van der Waals surface area contributed by atoms with E-state index in [1.807, 2.05) is 6.07 Å². The summed E-state index contributed by atoms with van der Waals surface area (Å²) in [7, 11) is 0. The van der Waals surface area contributed by atoms with Gasteiger partial charge in [0.15, 0.2) is 0 Å². The molecule has 0 radical (unpaired) electrons. The van der Waals surface area contributed by atoms with Crippen molar-refractivity contribution in [2.24, 2.45) is 0 Å². The molecule has 1 unspecified atom stereocenters. The molecule has 0 aliphatic carbocycles. The molecule has 100 valence electrons. The van der Waals surface area contributed by atoms with E-state index in [2.05, 4.69) is 11.8 Å². The Hall–Kier alpha value is -1.10. The number of aromatic hydroxyl groups is 1. The summed E-state index contributed by atoms with van der Waals surface area (Å²) in [5.74, 6) is 0.145. The lowest BCUT2D eigenvalue weighted by Gasteiger charge is -2.33. The Morgan fingerprint density at radius 3 is 2.94 bits per heavy atom. The van der Waals surface area contributed by atoms with Gasteiger partial charge in [-0.1, -0.05) is 19.1 Å². The Kier molecular flexibility index (Phi) is 4.58. The first-order valence-corrected chi connectivity index (χ1v) is 6.51. The van der Waals surface area contributed by atoms with E-state index in [1.165, 1.54) is 0 Å². The van der Waals surface area contributed by atoms with Crippen LogP contribution >= 0.6 is 0 Å². The van der Waals surface area contributed by atoms with Gasteiger partial charge in [0.25, 0.3) is 0 Å². The summed E-state index contributed by atoms with van der Waals surface area (Å²) in [5.41, 5.74) is 1.53. The van der Waals surface area contributed by atoms with Gasteiger partial charge in [0, 0.05) is 18.7 Å². The number of morpholine rings is 1. The minimum absolute atomic E-state index is 0.0175. The van der Waals surface area contributed by atoms with Gasteiger partial charge >= 0.3 is 0 Å². The molecule has 2 rings (SSSR count). The number of hydrogen-bond donors (Lipinski definition) is 2. The van der Waals surface area contributed by atoms with Gasteiger partial charge in [0.1, 0.15) is 5.75 Å². The predicted molar refractivity (Wildman–Crippen MR) is 69.5 cm³/mol. The van der Waals surface area contributed by atoms with Crippen molar-refractivity contribution >= 4 is 0 Å². The smallest absolute Gasteiger partial charge is 0.121 e. The van der Waals surface area contributed by atoms with Gasteiger partial charge in [-0.3, -0.25) is 4.90 Å². The summed E-state index contributed by atoms with van der Waals surface area (Å²) in [5, 5.41) is 18.8. The average molecular weight is 251 g/mol. The highest BCUT2D eigenvalue weighted by atomic mass is 16.5. The van der Waals surface area contributed by atoms with E-state index in [1.54, 1.807) is 12.1 Å². The first-order valence-electron chi connectivity index (χ1n) is 6.51. The predicted octanol–water partition coefficient (Wildman–Crippen LogP) is 1.67. The van der Waals surface area contributed by atoms with Gasteiger partial charge in [-0.25, -0.2) is 0 Å². The molecule has 0 spiro atoms. The van der Waals surface area contributed by atoms with Crippen LogP contribution in [0.3, 0.4) is 0 Å². The normalized spacial score (nSPS) is 21.1. The summed E-state index contributed by atoms with van der Waals surface area (Å²) in [6.45, 7) is 5.69. The summed E-state index contributed by atoms with van der Waals surface area (Å²) in [4.78, 5) is 2.38. The molecule has 2 N–H and O–H groups in total. The maximum atomic E-state index is 9.76. The van der Waals surface area contributed by atoms with Crippen molar-refractivity contribution in [3.05, 3.63) is 29.3 Å². The minimum Gasteiger partial charge on any atom is -0.508 e. The van der Waals surface area contributed by atoms with Crippen LogP contribution in [0.25, 0.3) is 0 Å². The van der Waals surface area contributed by atoms with E-state index < -0.39 is 0 Å². The van der Waals surface area contributed by atoms with Crippen LogP contribution in [0.4, 0.5) is 0 Å². The van der Waals surface area contributed by atoms with E-state index in [4.69, 9.17) is 9.84 Å². The molecule has 1 aliphatic rings. The molecule has 0 aromatic heterocycles. The molecule has 1 fully saturated rings. The number of aliphatic hydroxyl groups is 1. The zero-order valence-corrected chi connectivity index (χ0v) is 10.8. The van der Waals surface area contributed by atoms with Crippen LogP contribution in [0.15, 0.2) is 18.2 Å². The highest BCUT2D eigenvalue weighted by molar-refractivity contribution is 5.37. The summed E-state index contributed by atoms with van der Waals surface area (Å²) in [6.07, 6.45) is 1.16. The Balaban J connectivity index is 2.08. The van der Waals surface area contributed by atoms with Crippen LogP contribution in [0.2, 0.25) is 0 Å². The van der Waals surface area contributed by atoms with Gasteiger partial charge < -0.3 is 14.9 Å². The summed E-state index contributed by atoms with van der Waals surface area (Å²) >= 11 is 0. The van der Waals surface area contributed by atoms with Crippen LogP contribution in [0.1, 0.15) is 30.6 Å². The molecular weight excluding hydrogens is 230 g/mol. The maximum Gasteiger partial charge on any atom is 0.121 e. The van der Waals surface area contributed by atoms with Gasteiger partial charge in [-0.05, 0) is 24.6 Å². The van der Waals surface area contributed by atoms with Crippen LogP contribution in [0, 0.1) is 0 Å². The SMILES string of the molecule is CCCN1CCOC(c2ccc(CO)c(O)c2)C1. The van der Waals surface area contributed by atoms with E-state index in [0.717, 1.165) is 38.2 Å². The third-order valence-corrected chi connectivity index (χ3v) is 3.34. The molecule has 1 saturated heterocycles. The van der Waals surface area contributed by atoms with Crippen LogP contribution in [-0.4, -0.2) is 41.4 Å². The number of hydrogen-bond acceptors (Lipinski definition) is 4. The molecule has 1 aliphatic heterocycles. The molecule has 0 bridgehead atoms. The third kappa shape index (κ3) is 3.02. The van der Waals surface area contributed by atoms with Gasteiger partial charge in [0.05, 0.1) is 19.3 Å². The van der Waals surface area contributed by atoms with E-state index in [-0.39, 0.29) is 18.5 Å². The molecule has 1 atom stereocenters. The molecule has 18 heavy (non-hydrogen) atoms. The molecule has 1 aromatic rings. The van der Waals surface area contributed by atoms with Gasteiger partial charge in [0.2, 0.25) is 0 Å². The van der Waals surface area contributed by atoms with E-state index in [9.17, 15) is 5.11 Å². The largest absolute Gasteiger partial charge is 0.508 e. The highest BCUT2D eigenvalue weighted by Crippen LogP contribution is 2.27. The fraction of sp³-hybridized carbons (Fsp3) is 0.571. The van der Waals surface area contributed by atoms with Crippen molar-refractivity contribution in [1.29, 1.82) is 0 Å². The Labute approximate surface area is 108 Å². The van der Waals surface area contributed by atoms with Crippen molar-refractivity contribution in [3.63, 3.8) is 0 Å². The number of phenols is 1.